The van der Waals surface area contributed by atoms with Crippen LogP contribution in [0.3, 0.4) is 0 Å². The van der Waals surface area contributed by atoms with Crippen LogP contribution in [0.1, 0.15) is 24.8 Å². The van der Waals surface area contributed by atoms with Crippen molar-refractivity contribution in [2.45, 2.75) is 43.8 Å². The molecule has 7 nitrogen and oxygen atoms in total. The van der Waals surface area contributed by atoms with Gasteiger partial charge in [-0.2, -0.15) is 13.7 Å². The summed E-state index contributed by atoms with van der Waals surface area (Å²) < 4.78 is 27.3. The van der Waals surface area contributed by atoms with Gasteiger partial charge in [0.05, 0.1) is 18.4 Å². The van der Waals surface area contributed by atoms with Crippen LogP contribution < -0.4 is 14.8 Å². The molecular formula is C23H25N3O4S. The molecule has 8 heteroatoms. The van der Waals surface area contributed by atoms with Crippen LogP contribution in [0, 0.1) is 17.2 Å². The lowest BCUT2D eigenvalue weighted by atomic mass is 9.98. The number of hydrogen-bond donors (Lipinski definition) is 2. The molecule has 2 fully saturated rings. The Kier molecular flexibility index (Phi) is 5.99. The van der Waals surface area contributed by atoms with Gasteiger partial charge in [0, 0.05) is 12.5 Å². The molecule has 2 aliphatic rings. The number of carbonyl (C=O) groups excluding carboxylic acids is 1. The molecule has 162 valence electrons. The first kappa shape index (κ1) is 21.3. The van der Waals surface area contributed by atoms with Gasteiger partial charge in [-0.25, -0.2) is 0 Å². The summed E-state index contributed by atoms with van der Waals surface area (Å²) in [5.41, 5.74) is 2.83. The summed E-state index contributed by atoms with van der Waals surface area (Å²) in [7, 11) is -3.55. The highest BCUT2D eigenvalue weighted by molar-refractivity contribution is 7.86. The topological polar surface area (TPSA) is 108 Å². The average Bonchev–Trinajstić information content (AvgIpc) is 3.37. The van der Waals surface area contributed by atoms with Crippen LogP contribution in [0.2, 0.25) is 0 Å². The maximum absolute atomic E-state index is 12.6. The summed E-state index contributed by atoms with van der Waals surface area (Å²) in [6.07, 6.45) is 4.71. The molecule has 2 N–H and O–H groups in total. The Balaban J connectivity index is 1.36. The lowest BCUT2D eigenvalue weighted by Crippen LogP contribution is -2.50. The number of hydrogen-bond acceptors (Lipinski definition) is 6. The number of amides is 1. The highest BCUT2D eigenvalue weighted by Gasteiger charge is 2.43. The fourth-order valence-corrected chi connectivity index (χ4v) is 4.95. The van der Waals surface area contributed by atoms with Crippen molar-refractivity contribution < 1.29 is 17.4 Å². The van der Waals surface area contributed by atoms with Gasteiger partial charge in [0.25, 0.3) is 0 Å². The van der Waals surface area contributed by atoms with Gasteiger partial charge in [-0.05, 0) is 54.0 Å². The molecule has 1 heterocycles. The SMILES string of the molecule is CS(=O)(=O)Oc1ccc(-c2ccc(C[C@@H](C#N)NC(=O)[C@H]3N[C@@H]4CC[C@H]3C4)cc2)cc1. The largest absolute Gasteiger partial charge is 0.383 e. The first-order valence-corrected chi connectivity index (χ1v) is 12.2. The molecule has 0 aromatic heterocycles. The molecule has 1 saturated heterocycles. The summed E-state index contributed by atoms with van der Waals surface area (Å²) in [4.78, 5) is 12.6. The third-order valence-corrected chi connectivity index (χ3v) is 6.44. The van der Waals surface area contributed by atoms with E-state index in [9.17, 15) is 18.5 Å². The van der Waals surface area contributed by atoms with Gasteiger partial charge in [-0.3, -0.25) is 4.79 Å². The molecule has 1 aliphatic heterocycles. The Morgan fingerprint density at radius 1 is 1.16 bits per heavy atom. The lowest BCUT2D eigenvalue weighted by molar-refractivity contribution is -0.124. The molecule has 0 spiro atoms. The minimum Gasteiger partial charge on any atom is -0.383 e. The zero-order valence-corrected chi connectivity index (χ0v) is 18.1. The van der Waals surface area contributed by atoms with Crippen molar-refractivity contribution in [3.63, 3.8) is 0 Å². The predicted molar refractivity (Wildman–Crippen MR) is 117 cm³/mol. The van der Waals surface area contributed by atoms with E-state index in [-0.39, 0.29) is 17.7 Å². The highest BCUT2D eigenvalue weighted by Crippen LogP contribution is 2.35. The van der Waals surface area contributed by atoms with Crippen molar-refractivity contribution in [2.24, 2.45) is 5.92 Å². The van der Waals surface area contributed by atoms with Gasteiger partial charge in [-0.15, -0.1) is 0 Å². The Morgan fingerprint density at radius 2 is 1.81 bits per heavy atom. The first-order chi connectivity index (χ1) is 14.8. The maximum atomic E-state index is 12.6. The van der Waals surface area contributed by atoms with Gasteiger partial charge in [0.1, 0.15) is 11.8 Å². The molecule has 1 amide bonds. The molecule has 2 aromatic carbocycles. The maximum Gasteiger partial charge on any atom is 0.306 e. The second-order valence-electron chi connectivity index (χ2n) is 8.32. The van der Waals surface area contributed by atoms with E-state index in [1.165, 1.54) is 0 Å². The van der Waals surface area contributed by atoms with E-state index < -0.39 is 16.2 Å². The molecule has 2 aromatic rings. The monoisotopic (exact) mass is 439 g/mol. The highest BCUT2D eigenvalue weighted by atomic mass is 32.2. The predicted octanol–water partition coefficient (Wildman–Crippen LogP) is 2.38. The standard InChI is InChI=1S/C23H25N3O4S/c1-31(28,29)30-21-10-7-17(8-11-21)16-4-2-15(3-5-16)12-20(14-24)26-23(27)22-18-6-9-19(13-18)25-22/h2-5,7-8,10-11,18-20,22,25H,6,9,12-13H2,1H3,(H,26,27)/t18-,19+,20-,22-/m0/s1. The normalized spacial score (nSPS) is 23.2. The molecule has 4 atom stereocenters. The summed E-state index contributed by atoms with van der Waals surface area (Å²) in [6.45, 7) is 0. The summed E-state index contributed by atoms with van der Waals surface area (Å²) in [5, 5.41) is 15.8. The lowest BCUT2D eigenvalue weighted by Gasteiger charge is -2.23. The molecule has 1 saturated carbocycles. The second-order valence-corrected chi connectivity index (χ2v) is 9.89. The van der Waals surface area contributed by atoms with E-state index in [2.05, 4.69) is 16.7 Å². The van der Waals surface area contributed by atoms with Crippen molar-refractivity contribution >= 4 is 16.0 Å². The van der Waals surface area contributed by atoms with Crippen LogP contribution in [-0.2, 0) is 21.3 Å². The number of rotatable bonds is 7. The van der Waals surface area contributed by atoms with E-state index in [0.29, 0.717) is 18.4 Å². The van der Waals surface area contributed by atoms with Crippen LogP contribution in [0.25, 0.3) is 11.1 Å². The molecule has 1 aliphatic carbocycles. The third kappa shape index (κ3) is 5.24. The van der Waals surface area contributed by atoms with Crippen LogP contribution >= 0.6 is 0 Å². The van der Waals surface area contributed by atoms with Crippen molar-refractivity contribution in [3.05, 3.63) is 54.1 Å². The summed E-state index contributed by atoms with van der Waals surface area (Å²) >= 11 is 0. The van der Waals surface area contributed by atoms with Crippen molar-refractivity contribution in [3.8, 4) is 22.9 Å². The summed E-state index contributed by atoms with van der Waals surface area (Å²) in [6, 6.07) is 16.4. The second kappa shape index (κ2) is 8.69. The Labute approximate surface area is 182 Å². The number of piperidine rings is 1. The van der Waals surface area contributed by atoms with Gasteiger partial charge >= 0.3 is 10.1 Å². The Morgan fingerprint density at radius 3 is 2.32 bits per heavy atom. The number of carbonyl (C=O) groups is 1. The van der Waals surface area contributed by atoms with E-state index in [1.54, 1.807) is 24.3 Å². The summed E-state index contributed by atoms with van der Waals surface area (Å²) in [5.74, 6) is 0.574. The van der Waals surface area contributed by atoms with E-state index in [1.807, 2.05) is 24.3 Å². The molecule has 2 bridgehead atoms. The molecule has 31 heavy (non-hydrogen) atoms. The minimum atomic E-state index is -3.55. The number of nitriles is 1. The first-order valence-electron chi connectivity index (χ1n) is 10.4. The molecular weight excluding hydrogens is 414 g/mol. The van der Waals surface area contributed by atoms with Gasteiger partial charge in [0.15, 0.2) is 0 Å². The quantitative estimate of drug-likeness (QED) is 0.642. The van der Waals surface area contributed by atoms with Crippen molar-refractivity contribution in [2.75, 3.05) is 6.26 Å². The van der Waals surface area contributed by atoms with E-state index in [4.69, 9.17) is 4.18 Å². The van der Waals surface area contributed by atoms with Crippen molar-refractivity contribution in [1.82, 2.24) is 10.6 Å². The number of nitrogens with zero attached hydrogens (tertiary/aromatic N) is 1. The van der Waals surface area contributed by atoms with Crippen LogP contribution in [-0.4, -0.2) is 38.7 Å². The van der Waals surface area contributed by atoms with Crippen LogP contribution in [0.5, 0.6) is 5.75 Å². The number of nitrogens with one attached hydrogen (secondary N) is 2. The van der Waals surface area contributed by atoms with E-state index in [0.717, 1.165) is 42.2 Å². The number of benzene rings is 2. The zero-order valence-electron chi connectivity index (χ0n) is 17.2. The molecule has 0 unspecified atom stereocenters. The average molecular weight is 440 g/mol. The van der Waals surface area contributed by atoms with Gasteiger partial charge in [0.2, 0.25) is 5.91 Å². The van der Waals surface area contributed by atoms with Gasteiger partial charge < -0.3 is 14.8 Å². The number of fused-ring (bicyclic) bond motifs is 2. The van der Waals surface area contributed by atoms with Gasteiger partial charge in [-0.1, -0.05) is 36.4 Å². The smallest absolute Gasteiger partial charge is 0.306 e. The Bertz CT molecular complexity index is 1090. The fraction of sp³-hybridized carbons (Fsp3) is 0.391. The fourth-order valence-electron chi connectivity index (χ4n) is 4.49. The van der Waals surface area contributed by atoms with Crippen LogP contribution in [0.15, 0.2) is 48.5 Å². The molecule has 4 rings (SSSR count). The molecule has 0 radical (unpaired) electrons. The van der Waals surface area contributed by atoms with Crippen LogP contribution in [0.4, 0.5) is 0 Å². The third-order valence-electron chi connectivity index (χ3n) is 5.94. The minimum absolute atomic E-state index is 0.0771. The Hall–Kier alpha value is -2.89. The zero-order chi connectivity index (χ0) is 22.0. The van der Waals surface area contributed by atoms with E-state index >= 15 is 0 Å². The van der Waals surface area contributed by atoms with Crippen molar-refractivity contribution in [1.29, 1.82) is 5.26 Å².